The lowest BCUT2D eigenvalue weighted by atomic mass is 10.1. The Kier molecular flexibility index (Phi) is 8.98. The van der Waals surface area contributed by atoms with E-state index in [-0.39, 0.29) is 24.0 Å². The van der Waals surface area contributed by atoms with Crippen LogP contribution in [0.25, 0.3) is 0 Å². The lowest BCUT2D eigenvalue weighted by Crippen LogP contribution is -2.37. The molecule has 0 unspecified atom stereocenters. The minimum atomic E-state index is 0. The fraction of sp³-hybridized carbons (Fsp3) is 0.273. The van der Waals surface area contributed by atoms with E-state index in [1.807, 2.05) is 54.5 Å². The SMILES string of the molecule is CN=C(NCCc1cnn(C)c1)NCc1ccc(C)cc1Oc1ccccc1.I. The third kappa shape index (κ3) is 7.08. The first-order chi connectivity index (χ1) is 13.6. The minimum absolute atomic E-state index is 0. The van der Waals surface area contributed by atoms with E-state index in [0.29, 0.717) is 6.54 Å². The summed E-state index contributed by atoms with van der Waals surface area (Å²) in [6.45, 7) is 3.47. The smallest absolute Gasteiger partial charge is 0.191 e. The van der Waals surface area contributed by atoms with E-state index in [4.69, 9.17) is 4.74 Å². The van der Waals surface area contributed by atoms with Crippen LogP contribution in [0.3, 0.4) is 0 Å². The summed E-state index contributed by atoms with van der Waals surface area (Å²) in [5.74, 6) is 2.44. The summed E-state index contributed by atoms with van der Waals surface area (Å²) in [4.78, 5) is 4.30. The van der Waals surface area contributed by atoms with Crippen molar-refractivity contribution in [1.82, 2.24) is 20.4 Å². The van der Waals surface area contributed by atoms with Crippen molar-refractivity contribution < 1.29 is 4.74 Å². The highest BCUT2D eigenvalue weighted by molar-refractivity contribution is 14.0. The fourth-order valence-electron chi connectivity index (χ4n) is 2.84. The first-order valence-electron chi connectivity index (χ1n) is 9.38. The van der Waals surface area contributed by atoms with E-state index in [1.165, 1.54) is 5.56 Å². The Morgan fingerprint density at radius 1 is 1.14 bits per heavy atom. The number of ether oxygens (including phenoxy) is 1. The largest absolute Gasteiger partial charge is 0.457 e. The number of para-hydroxylation sites is 1. The molecule has 1 aromatic heterocycles. The number of aromatic nitrogens is 2. The number of nitrogens with zero attached hydrogens (tertiary/aromatic N) is 3. The van der Waals surface area contributed by atoms with Crippen LogP contribution in [0.1, 0.15) is 16.7 Å². The monoisotopic (exact) mass is 505 g/mol. The Hall–Kier alpha value is -2.55. The molecule has 0 aliphatic carbocycles. The molecular formula is C22H28IN5O. The molecule has 1 heterocycles. The summed E-state index contributed by atoms with van der Waals surface area (Å²) in [6.07, 6.45) is 4.80. The third-order valence-electron chi connectivity index (χ3n) is 4.33. The molecule has 3 aromatic rings. The molecule has 0 spiro atoms. The van der Waals surface area contributed by atoms with Gasteiger partial charge in [-0.15, -0.1) is 24.0 Å². The van der Waals surface area contributed by atoms with Gasteiger partial charge in [0.2, 0.25) is 0 Å². The minimum Gasteiger partial charge on any atom is -0.457 e. The van der Waals surface area contributed by atoms with Crippen molar-refractivity contribution in [2.75, 3.05) is 13.6 Å². The van der Waals surface area contributed by atoms with Gasteiger partial charge in [-0.2, -0.15) is 5.10 Å². The van der Waals surface area contributed by atoms with Gasteiger partial charge in [-0.05, 0) is 42.7 Å². The van der Waals surface area contributed by atoms with Gasteiger partial charge in [-0.3, -0.25) is 9.67 Å². The molecule has 0 aliphatic rings. The molecule has 0 atom stereocenters. The molecule has 0 saturated heterocycles. The van der Waals surface area contributed by atoms with Crippen LogP contribution < -0.4 is 15.4 Å². The number of rotatable bonds is 7. The van der Waals surface area contributed by atoms with Crippen LogP contribution in [0.2, 0.25) is 0 Å². The van der Waals surface area contributed by atoms with Gasteiger partial charge in [-0.1, -0.05) is 30.3 Å². The van der Waals surface area contributed by atoms with E-state index in [0.717, 1.165) is 41.6 Å². The van der Waals surface area contributed by atoms with Gasteiger partial charge in [0, 0.05) is 38.9 Å². The quantitative estimate of drug-likeness (QED) is 0.289. The normalized spacial score (nSPS) is 10.9. The standard InChI is InChI=1S/C22H27N5O.HI/c1-17-9-10-19(21(13-17)28-20-7-5-4-6-8-20)15-25-22(23-2)24-12-11-18-14-26-27(3)16-18;/h4-10,13-14,16H,11-12,15H2,1-3H3,(H2,23,24,25);1H. The molecule has 154 valence electrons. The Morgan fingerprint density at radius 2 is 1.93 bits per heavy atom. The maximum Gasteiger partial charge on any atom is 0.191 e. The van der Waals surface area contributed by atoms with Crippen molar-refractivity contribution in [3.05, 3.63) is 77.6 Å². The van der Waals surface area contributed by atoms with E-state index < -0.39 is 0 Å². The van der Waals surface area contributed by atoms with Gasteiger partial charge in [0.05, 0.1) is 6.20 Å². The second-order valence-electron chi connectivity index (χ2n) is 6.65. The van der Waals surface area contributed by atoms with E-state index >= 15 is 0 Å². The number of halogens is 1. The van der Waals surface area contributed by atoms with Crippen LogP contribution in [0, 0.1) is 6.92 Å². The van der Waals surface area contributed by atoms with Crippen LogP contribution in [0.4, 0.5) is 0 Å². The number of guanidine groups is 1. The lowest BCUT2D eigenvalue weighted by molar-refractivity contribution is 0.474. The molecule has 0 amide bonds. The van der Waals surface area contributed by atoms with Crippen molar-refractivity contribution in [2.45, 2.75) is 19.9 Å². The Balaban J connectivity index is 0.00000300. The van der Waals surface area contributed by atoms with Gasteiger partial charge < -0.3 is 15.4 Å². The number of hydrogen-bond acceptors (Lipinski definition) is 3. The summed E-state index contributed by atoms with van der Waals surface area (Å²) >= 11 is 0. The first kappa shape index (κ1) is 22.7. The van der Waals surface area contributed by atoms with Crippen LogP contribution in [0.15, 0.2) is 65.9 Å². The fourth-order valence-corrected chi connectivity index (χ4v) is 2.84. The molecule has 0 saturated carbocycles. The lowest BCUT2D eigenvalue weighted by Gasteiger charge is -2.15. The molecule has 0 radical (unpaired) electrons. The Bertz CT molecular complexity index is 924. The molecule has 29 heavy (non-hydrogen) atoms. The van der Waals surface area contributed by atoms with E-state index in [1.54, 1.807) is 7.05 Å². The van der Waals surface area contributed by atoms with Crippen LogP contribution in [-0.4, -0.2) is 29.3 Å². The second-order valence-corrected chi connectivity index (χ2v) is 6.65. The molecule has 3 rings (SSSR count). The zero-order valence-electron chi connectivity index (χ0n) is 17.1. The predicted octanol–water partition coefficient (Wildman–Crippen LogP) is 4.05. The van der Waals surface area contributed by atoms with Crippen LogP contribution >= 0.6 is 24.0 Å². The highest BCUT2D eigenvalue weighted by atomic mass is 127. The molecule has 7 heteroatoms. The van der Waals surface area contributed by atoms with Crippen molar-refractivity contribution in [1.29, 1.82) is 0 Å². The average molecular weight is 505 g/mol. The summed E-state index contributed by atoms with van der Waals surface area (Å²) in [7, 11) is 3.70. The average Bonchev–Trinajstić information content (AvgIpc) is 3.11. The molecule has 0 fully saturated rings. The van der Waals surface area contributed by atoms with Crippen molar-refractivity contribution in [3.8, 4) is 11.5 Å². The van der Waals surface area contributed by atoms with Gasteiger partial charge in [-0.25, -0.2) is 0 Å². The molecule has 6 nitrogen and oxygen atoms in total. The zero-order valence-corrected chi connectivity index (χ0v) is 19.4. The maximum absolute atomic E-state index is 6.09. The van der Waals surface area contributed by atoms with Crippen LogP contribution in [0.5, 0.6) is 11.5 Å². The topological polar surface area (TPSA) is 63.5 Å². The summed E-state index contributed by atoms with van der Waals surface area (Å²) < 4.78 is 7.90. The van der Waals surface area contributed by atoms with E-state index in [9.17, 15) is 0 Å². The molecule has 2 aromatic carbocycles. The van der Waals surface area contributed by atoms with Gasteiger partial charge in [0.15, 0.2) is 5.96 Å². The molecular weight excluding hydrogens is 477 g/mol. The van der Waals surface area contributed by atoms with Crippen molar-refractivity contribution in [3.63, 3.8) is 0 Å². The summed E-state index contributed by atoms with van der Waals surface area (Å²) in [5.41, 5.74) is 3.43. The highest BCUT2D eigenvalue weighted by Crippen LogP contribution is 2.26. The van der Waals surface area contributed by atoms with Gasteiger partial charge in [0.1, 0.15) is 11.5 Å². The Labute approximate surface area is 189 Å². The number of aliphatic imine (C=N–C) groups is 1. The van der Waals surface area contributed by atoms with Gasteiger partial charge in [0.25, 0.3) is 0 Å². The summed E-state index contributed by atoms with van der Waals surface area (Å²) in [6, 6.07) is 16.1. The number of nitrogens with one attached hydrogen (secondary N) is 2. The number of hydrogen-bond donors (Lipinski definition) is 2. The molecule has 0 bridgehead atoms. The third-order valence-corrected chi connectivity index (χ3v) is 4.33. The maximum atomic E-state index is 6.09. The summed E-state index contributed by atoms with van der Waals surface area (Å²) in [5, 5.41) is 10.9. The number of benzene rings is 2. The van der Waals surface area contributed by atoms with Crippen LogP contribution in [-0.2, 0) is 20.0 Å². The second kappa shape index (κ2) is 11.5. The predicted molar refractivity (Wildman–Crippen MR) is 128 cm³/mol. The highest BCUT2D eigenvalue weighted by Gasteiger charge is 2.07. The van der Waals surface area contributed by atoms with E-state index in [2.05, 4.69) is 45.8 Å². The molecule has 0 aliphatic heterocycles. The number of aryl methyl sites for hydroxylation is 2. The van der Waals surface area contributed by atoms with Crippen molar-refractivity contribution >= 4 is 29.9 Å². The molecule has 2 N–H and O–H groups in total. The van der Waals surface area contributed by atoms with Crippen molar-refractivity contribution in [2.24, 2.45) is 12.0 Å². The Morgan fingerprint density at radius 3 is 2.62 bits per heavy atom. The van der Waals surface area contributed by atoms with Gasteiger partial charge >= 0.3 is 0 Å². The zero-order chi connectivity index (χ0) is 19.8. The first-order valence-corrected chi connectivity index (χ1v) is 9.38.